The Morgan fingerprint density at radius 3 is 1.49 bits per heavy atom. The summed E-state index contributed by atoms with van der Waals surface area (Å²) in [4.78, 5) is 31.5. The second-order valence-electron chi connectivity index (χ2n) is 16.3. The van der Waals surface area contributed by atoms with Gasteiger partial charge >= 0.3 is 11.9 Å². The molecule has 4 atom stereocenters. The van der Waals surface area contributed by atoms with Crippen molar-refractivity contribution in [2.24, 2.45) is 0 Å². The van der Waals surface area contributed by atoms with Crippen LogP contribution >= 0.6 is 0 Å². The van der Waals surface area contributed by atoms with Gasteiger partial charge in [0.05, 0.1) is 12.2 Å². The number of carbonyl (C=O) groups excluding carboxylic acids is 2. The Bertz CT molecular complexity index is 979. The number of unbranched alkanes of at least 4 members (excludes halogenated alkanes) is 15. The highest BCUT2D eigenvalue weighted by atomic mass is 16.5. The first-order valence-corrected chi connectivity index (χ1v) is 23.2. The molecule has 55 heavy (non-hydrogen) atoms. The molecule has 0 aromatic carbocycles. The molecule has 0 spiro atoms. The third-order valence-corrected chi connectivity index (χ3v) is 11.1. The van der Waals surface area contributed by atoms with Gasteiger partial charge in [-0.25, -0.2) is 4.98 Å². The van der Waals surface area contributed by atoms with Crippen molar-refractivity contribution in [3.05, 3.63) is 18.2 Å². The third-order valence-electron chi connectivity index (χ3n) is 11.1. The molecule has 9 heteroatoms. The summed E-state index contributed by atoms with van der Waals surface area (Å²) in [6.07, 6.45) is 30.9. The molecule has 0 aliphatic rings. The van der Waals surface area contributed by atoms with Crippen molar-refractivity contribution in [1.29, 1.82) is 0 Å². The average Bonchev–Trinajstić information content (AvgIpc) is 3.58. The van der Waals surface area contributed by atoms with E-state index in [9.17, 15) is 19.8 Å². The minimum atomic E-state index is -0.476. The van der Waals surface area contributed by atoms with Crippen molar-refractivity contribution < 1.29 is 29.3 Å². The summed E-state index contributed by atoms with van der Waals surface area (Å²) in [5.41, 5.74) is 0. The molecule has 9 nitrogen and oxygen atoms in total. The molecule has 2 N–H and O–H groups in total. The van der Waals surface area contributed by atoms with Crippen molar-refractivity contribution >= 4 is 11.9 Å². The van der Waals surface area contributed by atoms with Gasteiger partial charge in [-0.3, -0.25) is 14.5 Å². The maximum Gasteiger partial charge on any atom is 0.306 e. The Hall–Kier alpha value is -1.97. The lowest BCUT2D eigenvalue weighted by Crippen LogP contribution is -2.38. The van der Waals surface area contributed by atoms with Crippen LogP contribution in [0.4, 0.5) is 0 Å². The average molecular weight is 778 g/mol. The van der Waals surface area contributed by atoms with E-state index in [0.29, 0.717) is 38.8 Å². The van der Waals surface area contributed by atoms with Crippen LogP contribution in [-0.4, -0.2) is 80.7 Å². The highest BCUT2D eigenvalue weighted by molar-refractivity contribution is 5.69. The van der Waals surface area contributed by atoms with Crippen LogP contribution in [0.5, 0.6) is 0 Å². The summed E-state index contributed by atoms with van der Waals surface area (Å²) >= 11 is 0. The fraction of sp³-hybridized carbons (Fsp3) is 0.891. The monoisotopic (exact) mass is 778 g/mol. The molecular weight excluding hydrogens is 691 g/mol. The third kappa shape index (κ3) is 29.0. The van der Waals surface area contributed by atoms with E-state index < -0.39 is 12.2 Å². The van der Waals surface area contributed by atoms with Gasteiger partial charge in [-0.15, -0.1) is 0 Å². The number of hydrogen-bond acceptors (Lipinski definition) is 8. The predicted octanol–water partition coefficient (Wildman–Crippen LogP) is 11.0. The molecule has 1 aromatic heterocycles. The molecule has 0 amide bonds. The molecule has 0 radical (unpaired) electrons. The lowest BCUT2D eigenvalue weighted by molar-refractivity contribution is -0.150. The first kappa shape index (κ1) is 51.0. The number of rotatable bonds is 39. The van der Waals surface area contributed by atoms with Crippen LogP contribution in [0.2, 0.25) is 0 Å². The predicted molar refractivity (Wildman–Crippen MR) is 227 cm³/mol. The fourth-order valence-electron chi connectivity index (χ4n) is 7.43. The number of nitrogens with zero attached hydrogens (tertiary/aromatic N) is 3. The standard InChI is InChI=1S/C46H87N3O6/c1-6-10-12-14-16-22-30-43(8-3)54-45(52)32-24-18-20-28-41(50)38-48(35-26-27-36-49-37-34-47-40(49)5)39-42(51)29-21-19-25-33-46(53)55-44(9-4)31-23-17-15-13-11-7-2/h34,37,41-44,50-51H,6-33,35-36,38-39H2,1-5H3. The van der Waals surface area contributed by atoms with E-state index in [1.54, 1.807) is 0 Å². The summed E-state index contributed by atoms with van der Waals surface area (Å²) in [6, 6.07) is 0. The summed E-state index contributed by atoms with van der Waals surface area (Å²) < 4.78 is 13.7. The summed E-state index contributed by atoms with van der Waals surface area (Å²) in [7, 11) is 0. The minimum Gasteiger partial charge on any atom is -0.462 e. The smallest absolute Gasteiger partial charge is 0.306 e. The van der Waals surface area contributed by atoms with Crippen LogP contribution in [0.15, 0.2) is 12.4 Å². The highest BCUT2D eigenvalue weighted by Crippen LogP contribution is 2.17. The van der Waals surface area contributed by atoms with Gasteiger partial charge in [0.1, 0.15) is 18.0 Å². The Labute approximate surface area is 338 Å². The first-order valence-electron chi connectivity index (χ1n) is 23.2. The van der Waals surface area contributed by atoms with Gasteiger partial charge in [0.2, 0.25) is 0 Å². The van der Waals surface area contributed by atoms with E-state index >= 15 is 0 Å². The largest absolute Gasteiger partial charge is 0.462 e. The number of aliphatic hydroxyl groups excluding tert-OH is 2. The molecule has 0 aliphatic carbocycles. The molecular formula is C46H87N3O6. The number of aromatic nitrogens is 2. The Morgan fingerprint density at radius 2 is 1.05 bits per heavy atom. The molecule has 0 saturated carbocycles. The van der Waals surface area contributed by atoms with Crippen molar-refractivity contribution in [2.75, 3.05) is 19.6 Å². The van der Waals surface area contributed by atoms with E-state index in [-0.39, 0.29) is 24.1 Å². The normalized spacial score (nSPS) is 13.9. The van der Waals surface area contributed by atoms with Gasteiger partial charge in [-0.05, 0) is 90.5 Å². The highest BCUT2D eigenvalue weighted by Gasteiger charge is 2.17. The second kappa shape index (κ2) is 35.2. The lowest BCUT2D eigenvalue weighted by atomic mass is 10.1. The number of aryl methyl sites for hydroxylation is 2. The summed E-state index contributed by atoms with van der Waals surface area (Å²) in [6.45, 7) is 13.5. The van der Waals surface area contributed by atoms with Crippen molar-refractivity contribution in [1.82, 2.24) is 14.5 Å². The molecule has 1 heterocycles. The van der Waals surface area contributed by atoms with Crippen molar-refractivity contribution in [3.8, 4) is 0 Å². The van der Waals surface area contributed by atoms with Gasteiger partial charge < -0.3 is 24.3 Å². The maximum atomic E-state index is 12.5. The summed E-state index contributed by atoms with van der Waals surface area (Å²) in [5, 5.41) is 22.0. The molecule has 0 bridgehead atoms. The zero-order valence-corrected chi connectivity index (χ0v) is 36.5. The number of aliphatic hydroxyl groups is 2. The quantitative estimate of drug-likeness (QED) is 0.0502. The molecule has 322 valence electrons. The van der Waals surface area contributed by atoms with Crippen LogP contribution in [0.25, 0.3) is 0 Å². The topological polar surface area (TPSA) is 114 Å². The SMILES string of the molecule is CCCCCCCCC(CC)OC(=O)CCCCCC(O)CN(CCCCn1ccnc1C)CC(O)CCCCCC(=O)OC(CC)CCCCCCCC. The van der Waals surface area contributed by atoms with Crippen LogP contribution in [0, 0.1) is 6.92 Å². The molecule has 1 aromatic rings. The van der Waals surface area contributed by atoms with Crippen LogP contribution in [0.3, 0.4) is 0 Å². The molecule has 0 fully saturated rings. The number of imidazole rings is 1. The van der Waals surface area contributed by atoms with E-state index in [1.807, 2.05) is 19.3 Å². The lowest BCUT2D eigenvalue weighted by Gasteiger charge is -2.27. The maximum absolute atomic E-state index is 12.5. The zero-order valence-electron chi connectivity index (χ0n) is 36.5. The Morgan fingerprint density at radius 1 is 0.618 bits per heavy atom. The Kier molecular flexibility index (Phi) is 32.7. The van der Waals surface area contributed by atoms with Crippen molar-refractivity contribution in [3.63, 3.8) is 0 Å². The second-order valence-corrected chi connectivity index (χ2v) is 16.3. The number of esters is 2. The van der Waals surface area contributed by atoms with E-state index in [4.69, 9.17) is 9.47 Å². The van der Waals surface area contributed by atoms with E-state index in [0.717, 1.165) is 109 Å². The van der Waals surface area contributed by atoms with Crippen molar-refractivity contribution in [2.45, 2.75) is 245 Å². The first-order chi connectivity index (χ1) is 26.7. The van der Waals surface area contributed by atoms with Crippen LogP contribution in [-0.2, 0) is 25.6 Å². The molecule has 4 unspecified atom stereocenters. The van der Waals surface area contributed by atoms with Crippen LogP contribution < -0.4 is 0 Å². The molecule has 0 saturated heterocycles. The fourth-order valence-corrected chi connectivity index (χ4v) is 7.43. The van der Waals surface area contributed by atoms with Gasteiger partial charge in [0.15, 0.2) is 0 Å². The van der Waals surface area contributed by atoms with E-state index in [2.05, 4.69) is 42.1 Å². The number of ether oxygens (including phenoxy) is 2. The van der Waals surface area contributed by atoms with Gasteiger partial charge in [0.25, 0.3) is 0 Å². The number of carbonyl (C=O) groups is 2. The summed E-state index contributed by atoms with van der Waals surface area (Å²) in [5.74, 6) is 0.836. The molecule has 1 rings (SSSR count). The zero-order chi connectivity index (χ0) is 40.4. The Balaban J connectivity index is 2.38. The van der Waals surface area contributed by atoms with Gasteiger partial charge in [0, 0.05) is 44.9 Å². The van der Waals surface area contributed by atoms with Gasteiger partial charge in [-0.2, -0.15) is 0 Å². The van der Waals surface area contributed by atoms with Gasteiger partial charge in [-0.1, -0.05) is 118 Å². The van der Waals surface area contributed by atoms with Crippen LogP contribution in [0.1, 0.15) is 213 Å². The minimum absolute atomic E-state index is 0.0349. The number of hydrogen-bond donors (Lipinski definition) is 2. The van der Waals surface area contributed by atoms with E-state index in [1.165, 1.54) is 64.2 Å². The molecule has 0 aliphatic heterocycles.